The summed E-state index contributed by atoms with van der Waals surface area (Å²) in [5.41, 5.74) is 3.30. The Kier molecular flexibility index (Phi) is 3.05. The molecule has 98 valence electrons. The molecule has 1 saturated carbocycles. The molecule has 0 atom stereocenters. The van der Waals surface area contributed by atoms with E-state index in [1.807, 2.05) is 12.1 Å². The van der Waals surface area contributed by atoms with Crippen molar-refractivity contribution >= 4 is 0 Å². The summed E-state index contributed by atoms with van der Waals surface area (Å²) in [5.74, 6) is 0.712. The highest BCUT2D eigenvalue weighted by Gasteiger charge is 2.25. The van der Waals surface area contributed by atoms with Crippen LogP contribution in [0.4, 0.5) is 4.39 Å². The molecule has 0 saturated heterocycles. The van der Waals surface area contributed by atoms with Gasteiger partial charge in [-0.2, -0.15) is 0 Å². The summed E-state index contributed by atoms with van der Waals surface area (Å²) >= 11 is 0. The van der Waals surface area contributed by atoms with Gasteiger partial charge in [0.05, 0.1) is 17.6 Å². The lowest BCUT2D eigenvalue weighted by atomic mass is 9.99. The number of halogens is 1. The van der Waals surface area contributed by atoms with E-state index < -0.39 is 0 Å². The van der Waals surface area contributed by atoms with E-state index >= 15 is 0 Å². The first-order valence-electron chi connectivity index (χ1n) is 6.77. The Morgan fingerprint density at radius 3 is 2.53 bits per heavy atom. The van der Waals surface area contributed by atoms with Gasteiger partial charge in [-0.3, -0.25) is 9.97 Å². The highest BCUT2D eigenvalue weighted by molar-refractivity contribution is 5.60. The molecular formula is C16H17FN2. The molecule has 3 rings (SSSR count). The normalized spacial score (nSPS) is 14.9. The Morgan fingerprint density at radius 2 is 1.95 bits per heavy atom. The van der Waals surface area contributed by atoms with Gasteiger partial charge < -0.3 is 0 Å². The molecule has 0 amide bonds. The predicted molar refractivity (Wildman–Crippen MR) is 73.5 cm³/mol. The van der Waals surface area contributed by atoms with E-state index in [0.29, 0.717) is 23.1 Å². The topological polar surface area (TPSA) is 25.8 Å². The molecule has 0 bridgehead atoms. The zero-order valence-corrected chi connectivity index (χ0v) is 11.2. The molecule has 1 aliphatic carbocycles. The van der Waals surface area contributed by atoms with Gasteiger partial charge >= 0.3 is 0 Å². The van der Waals surface area contributed by atoms with E-state index in [1.54, 1.807) is 12.4 Å². The van der Waals surface area contributed by atoms with Crippen LogP contribution in [-0.2, 0) is 0 Å². The van der Waals surface area contributed by atoms with Crippen LogP contribution in [0, 0.1) is 5.82 Å². The number of benzene rings is 1. The second-order valence-electron chi connectivity index (χ2n) is 5.49. The first-order chi connectivity index (χ1) is 9.15. The molecule has 1 aliphatic rings. The maximum Gasteiger partial charge on any atom is 0.132 e. The third kappa shape index (κ3) is 2.50. The van der Waals surface area contributed by atoms with Crippen molar-refractivity contribution in [1.82, 2.24) is 9.97 Å². The Morgan fingerprint density at radius 1 is 1.16 bits per heavy atom. The van der Waals surface area contributed by atoms with Crippen LogP contribution >= 0.6 is 0 Å². The van der Waals surface area contributed by atoms with Crippen molar-refractivity contribution in [3.63, 3.8) is 0 Å². The standard InChI is InChI=1S/C16H17FN2/c1-10(2)12-5-6-14(17)13(7-12)16-9-18-15(8-19-16)11-3-4-11/h5-11H,3-4H2,1-2H3. The van der Waals surface area contributed by atoms with Crippen LogP contribution in [0.2, 0.25) is 0 Å². The average molecular weight is 256 g/mol. The van der Waals surface area contributed by atoms with Gasteiger partial charge in [-0.15, -0.1) is 0 Å². The Hall–Kier alpha value is -1.77. The van der Waals surface area contributed by atoms with Crippen LogP contribution in [-0.4, -0.2) is 9.97 Å². The number of rotatable bonds is 3. The van der Waals surface area contributed by atoms with E-state index in [9.17, 15) is 4.39 Å². The van der Waals surface area contributed by atoms with Crippen LogP contribution in [0.5, 0.6) is 0 Å². The molecule has 1 aromatic carbocycles. The van der Waals surface area contributed by atoms with Gasteiger partial charge in [0, 0.05) is 17.7 Å². The predicted octanol–water partition coefficient (Wildman–Crippen LogP) is 4.28. The van der Waals surface area contributed by atoms with Gasteiger partial charge in [0.2, 0.25) is 0 Å². The van der Waals surface area contributed by atoms with Gasteiger partial charge in [-0.25, -0.2) is 4.39 Å². The van der Waals surface area contributed by atoms with Crippen LogP contribution in [0.25, 0.3) is 11.3 Å². The number of nitrogens with zero attached hydrogens (tertiary/aromatic N) is 2. The summed E-state index contributed by atoms with van der Waals surface area (Å²) in [6, 6.07) is 5.22. The van der Waals surface area contributed by atoms with E-state index in [2.05, 4.69) is 23.8 Å². The maximum absolute atomic E-state index is 13.9. The molecule has 0 aliphatic heterocycles. The highest BCUT2D eigenvalue weighted by Crippen LogP contribution is 2.38. The van der Waals surface area contributed by atoms with Gasteiger partial charge in [0.1, 0.15) is 5.82 Å². The van der Waals surface area contributed by atoms with Crippen molar-refractivity contribution in [2.24, 2.45) is 0 Å². The Bertz CT molecular complexity index is 586. The molecule has 1 fully saturated rings. The summed E-state index contributed by atoms with van der Waals surface area (Å²) in [4.78, 5) is 8.77. The average Bonchev–Trinajstić information content (AvgIpc) is 3.23. The molecule has 2 nitrogen and oxygen atoms in total. The number of hydrogen-bond donors (Lipinski definition) is 0. The molecule has 2 aromatic rings. The summed E-state index contributed by atoms with van der Waals surface area (Å²) in [6.45, 7) is 4.19. The Balaban J connectivity index is 1.97. The van der Waals surface area contributed by atoms with Crippen LogP contribution in [0.15, 0.2) is 30.6 Å². The molecule has 19 heavy (non-hydrogen) atoms. The summed E-state index contributed by atoms with van der Waals surface area (Å²) < 4.78 is 13.9. The quantitative estimate of drug-likeness (QED) is 0.819. The lowest BCUT2D eigenvalue weighted by molar-refractivity contribution is 0.629. The van der Waals surface area contributed by atoms with Gasteiger partial charge in [-0.1, -0.05) is 19.9 Å². The van der Waals surface area contributed by atoms with E-state index in [-0.39, 0.29) is 5.82 Å². The molecule has 0 N–H and O–H groups in total. The minimum atomic E-state index is -0.238. The van der Waals surface area contributed by atoms with Crippen molar-refractivity contribution in [1.29, 1.82) is 0 Å². The minimum absolute atomic E-state index is 0.238. The van der Waals surface area contributed by atoms with Gasteiger partial charge in [-0.05, 0) is 36.5 Å². The van der Waals surface area contributed by atoms with Crippen molar-refractivity contribution in [3.8, 4) is 11.3 Å². The minimum Gasteiger partial charge on any atom is -0.257 e. The van der Waals surface area contributed by atoms with E-state index in [0.717, 1.165) is 11.3 Å². The van der Waals surface area contributed by atoms with Crippen LogP contribution in [0.3, 0.4) is 0 Å². The van der Waals surface area contributed by atoms with Crippen molar-refractivity contribution in [2.75, 3.05) is 0 Å². The molecule has 0 unspecified atom stereocenters. The third-order valence-electron chi connectivity index (χ3n) is 3.60. The zero-order chi connectivity index (χ0) is 13.4. The molecule has 0 radical (unpaired) electrons. The smallest absolute Gasteiger partial charge is 0.132 e. The molecular weight excluding hydrogens is 239 g/mol. The fourth-order valence-corrected chi connectivity index (χ4v) is 2.17. The largest absolute Gasteiger partial charge is 0.257 e. The van der Waals surface area contributed by atoms with Gasteiger partial charge in [0.15, 0.2) is 0 Å². The first-order valence-corrected chi connectivity index (χ1v) is 6.77. The fraction of sp³-hybridized carbons (Fsp3) is 0.375. The van der Waals surface area contributed by atoms with E-state index in [1.165, 1.54) is 18.9 Å². The van der Waals surface area contributed by atoms with Crippen molar-refractivity contribution in [2.45, 2.75) is 38.5 Å². The van der Waals surface area contributed by atoms with Crippen LogP contribution in [0.1, 0.15) is 49.8 Å². The monoisotopic (exact) mass is 256 g/mol. The fourth-order valence-electron chi connectivity index (χ4n) is 2.17. The molecule has 3 heteroatoms. The summed E-state index contributed by atoms with van der Waals surface area (Å²) in [5, 5.41) is 0. The first kappa shape index (κ1) is 12.3. The van der Waals surface area contributed by atoms with Crippen molar-refractivity contribution in [3.05, 3.63) is 47.7 Å². The second kappa shape index (κ2) is 4.72. The Labute approximate surface area is 112 Å². The van der Waals surface area contributed by atoms with E-state index in [4.69, 9.17) is 0 Å². The maximum atomic E-state index is 13.9. The summed E-state index contributed by atoms with van der Waals surface area (Å²) in [7, 11) is 0. The number of aromatic nitrogens is 2. The van der Waals surface area contributed by atoms with Crippen LogP contribution < -0.4 is 0 Å². The SMILES string of the molecule is CC(C)c1ccc(F)c(-c2cnc(C3CC3)cn2)c1. The zero-order valence-electron chi connectivity index (χ0n) is 11.2. The summed E-state index contributed by atoms with van der Waals surface area (Å²) in [6.07, 6.45) is 5.88. The molecule has 0 spiro atoms. The third-order valence-corrected chi connectivity index (χ3v) is 3.60. The lowest BCUT2D eigenvalue weighted by Crippen LogP contribution is -1.95. The van der Waals surface area contributed by atoms with Crippen molar-refractivity contribution < 1.29 is 4.39 Å². The second-order valence-corrected chi connectivity index (χ2v) is 5.49. The lowest BCUT2D eigenvalue weighted by Gasteiger charge is -2.09. The highest BCUT2D eigenvalue weighted by atomic mass is 19.1. The van der Waals surface area contributed by atoms with Gasteiger partial charge in [0.25, 0.3) is 0 Å². The molecule has 1 aromatic heterocycles. The molecule has 1 heterocycles. The number of hydrogen-bond acceptors (Lipinski definition) is 2.